The van der Waals surface area contributed by atoms with Crippen molar-refractivity contribution in [1.29, 1.82) is 0 Å². The molecule has 30 heavy (non-hydrogen) atoms. The van der Waals surface area contributed by atoms with Crippen LogP contribution in [0.4, 0.5) is 0 Å². The number of carboxylic acids is 2. The van der Waals surface area contributed by atoms with E-state index in [0.29, 0.717) is 10.9 Å². The summed E-state index contributed by atoms with van der Waals surface area (Å²) in [6.45, 7) is 5.13. The Kier molecular flexibility index (Phi) is 10.2. The summed E-state index contributed by atoms with van der Waals surface area (Å²) in [5.74, 6) is -2.83. The fraction of sp³-hybridized carbons (Fsp3) is 0.556. The van der Waals surface area contributed by atoms with Gasteiger partial charge in [-0.2, -0.15) is 0 Å². The summed E-state index contributed by atoms with van der Waals surface area (Å²) in [6.07, 6.45) is -0.286. The number of nitrogens with one attached hydrogen (secondary N) is 2. The summed E-state index contributed by atoms with van der Waals surface area (Å²) in [5, 5.41) is 22.9. The van der Waals surface area contributed by atoms with Crippen molar-refractivity contribution in [1.82, 2.24) is 20.6 Å². The number of nitrogens with two attached hydrogens (primary N) is 1. The molecule has 12 heteroatoms. The highest BCUT2D eigenvalue weighted by Crippen LogP contribution is 2.20. The largest absolute Gasteiger partial charge is 0.480 e. The Morgan fingerprint density at radius 2 is 1.87 bits per heavy atom. The lowest BCUT2D eigenvalue weighted by atomic mass is 10.1. The molecule has 0 aliphatic heterocycles. The second-order valence-electron chi connectivity index (χ2n) is 6.89. The molecule has 0 aromatic carbocycles. The van der Waals surface area contributed by atoms with Gasteiger partial charge in [0, 0.05) is 23.8 Å². The number of hydrogen-bond acceptors (Lipinski definition) is 8. The summed E-state index contributed by atoms with van der Waals surface area (Å²) in [6, 6.07) is -0.486. The molecule has 1 heterocycles. The Hall–Kier alpha value is -2.73. The van der Waals surface area contributed by atoms with E-state index < -0.39 is 42.4 Å². The molecule has 2 unspecified atom stereocenters. The van der Waals surface area contributed by atoms with Gasteiger partial charge in [-0.25, -0.2) is 9.97 Å². The molecule has 0 radical (unpaired) electrons. The molecule has 0 saturated carbocycles. The first-order valence-electron chi connectivity index (χ1n) is 9.25. The van der Waals surface area contributed by atoms with Crippen LogP contribution in [0.1, 0.15) is 44.1 Å². The minimum atomic E-state index is -1.23. The lowest BCUT2D eigenvalue weighted by Gasteiger charge is -2.18. The van der Waals surface area contributed by atoms with Gasteiger partial charge in [0.1, 0.15) is 29.5 Å². The van der Waals surface area contributed by atoms with Crippen LogP contribution in [0.2, 0.25) is 0 Å². The first-order chi connectivity index (χ1) is 14.0. The molecule has 1 aromatic heterocycles. The first-order valence-corrected chi connectivity index (χ1v) is 10.2. The van der Waals surface area contributed by atoms with Crippen LogP contribution in [0.5, 0.6) is 0 Å². The second kappa shape index (κ2) is 12.1. The van der Waals surface area contributed by atoms with Gasteiger partial charge in [0.25, 0.3) is 0 Å². The average Bonchev–Trinajstić information content (AvgIpc) is 2.66. The van der Waals surface area contributed by atoms with Crippen molar-refractivity contribution >= 4 is 35.5 Å². The van der Waals surface area contributed by atoms with Crippen LogP contribution >= 0.6 is 11.8 Å². The van der Waals surface area contributed by atoms with E-state index >= 15 is 0 Å². The van der Waals surface area contributed by atoms with E-state index in [-0.39, 0.29) is 24.5 Å². The van der Waals surface area contributed by atoms with E-state index in [1.54, 1.807) is 6.07 Å². The first kappa shape index (κ1) is 25.3. The monoisotopic (exact) mass is 441 g/mol. The molecule has 11 nitrogen and oxygen atoms in total. The molecular weight excluding hydrogens is 414 g/mol. The second-order valence-corrected chi connectivity index (χ2v) is 7.93. The van der Waals surface area contributed by atoms with Gasteiger partial charge in [-0.05, 0) is 19.4 Å². The van der Waals surface area contributed by atoms with E-state index in [2.05, 4.69) is 20.6 Å². The quantitative estimate of drug-likeness (QED) is 0.216. The van der Waals surface area contributed by atoms with Gasteiger partial charge in [0.15, 0.2) is 0 Å². The molecule has 166 valence electrons. The molecule has 0 bridgehead atoms. The number of nitrogens with zero attached hydrogens (tertiary/aromatic N) is 2. The maximum absolute atomic E-state index is 12.3. The van der Waals surface area contributed by atoms with E-state index in [1.165, 1.54) is 11.8 Å². The Morgan fingerprint density at radius 1 is 1.20 bits per heavy atom. The zero-order valence-corrected chi connectivity index (χ0v) is 17.9. The van der Waals surface area contributed by atoms with Crippen molar-refractivity contribution in [3.63, 3.8) is 0 Å². The Labute approximate surface area is 178 Å². The standard InChI is InChI=1S/C18H27N5O6S/c1-9(2)16-21-10(3)6-14(23-16)30-8-12(17(27)20-7-15(25)26)22-13(24)5-4-11(19)18(28)29/h6,9,11-12H,4-5,7-8,19H2,1-3H3,(H,20,27)(H,22,24)(H,25,26)(H,28,29). The summed E-state index contributed by atoms with van der Waals surface area (Å²) in [5.41, 5.74) is 6.14. The van der Waals surface area contributed by atoms with E-state index in [0.717, 1.165) is 5.69 Å². The summed E-state index contributed by atoms with van der Waals surface area (Å²) < 4.78 is 0. The van der Waals surface area contributed by atoms with Crippen LogP contribution in [0.15, 0.2) is 11.1 Å². The molecule has 1 aromatic rings. The molecule has 1 rings (SSSR count). The summed E-state index contributed by atoms with van der Waals surface area (Å²) in [7, 11) is 0. The normalized spacial score (nSPS) is 12.8. The van der Waals surface area contributed by atoms with Gasteiger partial charge in [-0.3, -0.25) is 19.2 Å². The van der Waals surface area contributed by atoms with Gasteiger partial charge in [0.2, 0.25) is 11.8 Å². The average molecular weight is 442 g/mol. The maximum Gasteiger partial charge on any atom is 0.322 e. The predicted octanol–water partition coefficient (Wildman–Crippen LogP) is -0.122. The van der Waals surface area contributed by atoms with Crippen molar-refractivity contribution in [2.24, 2.45) is 5.73 Å². The van der Waals surface area contributed by atoms with Crippen LogP contribution in [0, 0.1) is 6.92 Å². The topological polar surface area (TPSA) is 185 Å². The lowest BCUT2D eigenvalue weighted by molar-refractivity contribution is -0.139. The lowest BCUT2D eigenvalue weighted by Crippen LogP contribution is -2.49. The third kappa shape index (κ3) is 9.18. The molecule has 2 amide bonds. The predicted molar refractivity (Wildman–Crippen MR) is 109 cm³/mol. The van der Waals surface area contributed by atoms with Crippen molar-refractivity contribution in [2.75, 3.05) is 12.3 Å². The van der Waals surface area contributed by atoms with E-state index in [4.69, 9.17) is 15.9 Å². The van der Waals surface area contributed by atoms with Crippen LogP contribution in [0.3, 0.4) is 0 Å². The molecule has 0 aliphatic rings. The fourth-order valence-electron chi connectivity index (χ4n) is 2.21. The summed E-state index contributed by atoms with van der Waals surface area (Å²) in [4.78, 5) is 54.7. The Bertz CT molecular complexity index is 788. The van der Waals surface area contributed by atoms with Crippen LogP contribution in [-0.4, -0.2) is 68.3 Å². The fourth-order valence-corrected chi connectivity index (χ4v) is 3.19. The third-order valence-corrected chi connectivity index (χ3v) is 4.83. The number of hydrogen-bond donors (Lipinski definition) is 5. The highest BCUT2D eigenvalue weighted by Gasteiger charge is 2.23. The van der Waals surface area contributed by atoms with Gasteiger partial charge in [-0.1, -0.05) is 13.8 Å². The Balaban J connectivity index is 2.83. The number of carbonyl (C=O) groups is 4. The molecule has 0 fully saturated rings. The highest BCUT2D eigenvalue weighted by molar-refractivity contribution is 7.99. The zero-order chi connectivity index (χ0) is 22.8. The van der Waals surface area contributed by atoms with E-state index in [1.807, 2.05) is 20.8 Å². The van der Waals surface area contributed by atoms with Crippen molar-refractivity contribution in [3.8, 4) is 0 Å². The van der Waals surface area contributed by atoms with Crippen LogP contribution in [0.25, 0.3) is 0 Å². The number of rotatable bonds is 12. The van der Waals surface area contributed by atoms with Crippen LogP contribution in [-0.2, 0) is 19.2 Å². The number of aryl methyl sites for hydroxylation is 1. The smallest absolute Gasteiger partial charge is 0.322 e. The van der Waals surface area contributed by atoms with Crippen molar-refractivity contribution < 1.29 is 29.4 Å². The van der Waals surface area contributed by atoms with Gasteiger partial charge in [-0.15, -0.1) is 11.8 Å². The van der Waals surface area contributed by atoms with E-state index in [9.17, 15) is 19.2 Å². The third-order valence-electron chi connectivity index (χ3n) is 3.83. The van der Waals surface area contributed by atoms with Crippen molar-refractivity contribution in [3.05, 3.63) is 17.6 Å². The number of carboxylic acid groups (broad SMARTS) is 2. The minimum absolute atomic E-state index is 0.0934. The SMILES string of the molecule is Cc1cc(SCC(NC(=O)CCC(N)C(=O)O)C(=O)NCC(=O)O)nc(C(C)C)n1. The molecule has 0 aliphatic carbocycles. The highest BCUT2D eigenvalue weighted by atomic mass is 32.2. The number of carbonyl (C=O) groups excluding carboxylic acids is 2. The maximum atomic E-state index is 12.3. The molecular formula is C18H27N5O6S. The van der Waals surface area contributed by atoms with Crippen molar-refractivity contribution in [2.45, 2.75) is 56.6 Å². The minimum Gasteiger partial charge on any atom is -0.480 e. The van der Waals surface area contributed by atoms with Crippen LogP contribution < -0.4 is 16.4 Å². The summed E-state index contributed by atoms with van der Waals surface area (Å²) >= 11 is 1.22. The van der Waals surface area contributed by atoms with Gasteiger partial charge in [0.05, 0.1) is 0 Å². The van der Waals surface area contributed by atoms with Gasteiger partial charge >= 0.3 is 11.9 Å². The number of aromatic nitrogens is 2. The molecule has 0 spiro atoms. The molecule has 2 atom stereocenters. The van der Waals surface area contributed by atoms with Gasteiger partial charge < -0.3 is 26.6 Å². The molecule has 6 N–H and O–H groups in total. The zero-order valence-electron chi connectivity index (χ0n) is 17.0. The Morgan fingerprint density at radius 3 is 2.43 bits per heavy atom. The number of aliphatic carboxylic acids is 2. The number of amides is 2. The molecule has 0 saturated heterocycles. The number of thioether (sulfide) groups is 1.